The van der Waals surface area contributed by atoms with Gasteiger partial charge >= 0.3 is 0 Å². The van der Waals surface area contributed by atoms with Gasteiger partial charge in [-0.2, -0.15) is 10.4 Å². The molecule has 0 saturated carbocycles. The average Bonchev–Trinajstić information content (AvgIpc) is 3.67. The second kappa shape index (κ2) is 12.3. The number of hydrogen-bond acceptors (Lipinski definition) is 4. The van der Waals surface area contributed by atoms with Crippen molar-refractivity contribution in [2.24, 2.45) is 14.1 Å². The van der Waals surface area contributed by atoms with Crippen LogP contribution in [0, 0.1) is 39.0 Å². The van der Waals surface area contributed by atoms with Gasteiger partial charge in [0.25, 0.3) is 5.91 Å². The molecule has 0 saturated heterocycles. The summed E-state index contributed by atoms with van der Waals surface area (Å²) in [6.07, 6.45) is 3.30. The van der Waals surface area contributed by atoms with Crippen molar-refractivity contribution in [3.63, 3.8) is 0 Å². The van der Waals surface area contributed by atoms with Crippen molar-refractivity contribution < 1.29 is 9.53 Å². The third-order valence-electron chi connectivity index (χ3n) is 9.95. The summed E-state index contributed by atoms with van der Waals surface area (Å²) in [5, 5.41) is 17.6. The number of benzene rings is 3. The van der Waals surface area contributed by atoms with Crippen LogP contribution in [0.3, 0.4) is 0 Å². The van der Waals surface area contributed by atoms with Crippen molar-refractivity contribution in [3.05, 3.63) is 98.0 Å². The number of carbonyl (C=O) groups is 1. The number of carbonyl (C=O) groups excluding carboxylic acids is 1. The highest BCUT2D eigenvalue weighted by Gasteiger charge is 2.37. The van der Waals surface area contributed by atoms with E-state index >= 15 is 0 Å². The molecule has 0 aliphatic carbocycles. The molecule has 0 fully saturated rings. The van der Waals surface area contributed by atoms with Gasteiger partial charge in [-0.05, 0) is 101 Å². The molecule has 250 valence electrons. The number of nitrogens with zero attached hydrogens (tertiary/aromatic N) is 6. The Labute approximate surface area is 296 Å². The van der Waals surface area contributed by atoms with Crippen LogP contribution in [-0.4, -0.2) is 38.0 Å². The Balaban J connectivity index is 1.38. The number of fused-ring (bicyclic) bond motifs is 4. The zero-order chi connectivity index (χ0) is 34.9. The number of anilines is 1. The molecule has 0 radical (unpaired) electrons. The number of amides is 1. The normalized spacial score (nSPS) is 14.6. The molecule has 6 aromatic rings. The van der Waals surface area contributed by atoms with Gasteiger partial charge in [-0.25, -0.2) is 0 Å². The summed E-state index contributed by atoms with van der Waals surface area (Å²) in [6, 6.07) is 15.7. The third-order valence-corrected chi connectivity index (χ3v) is 10.9. The summed E-state index contributed by atoms with van der Waals surface area (Å²) in [5.41, 5.74) is 10.6. The van der Waals surface area contributed by atoms with Crippen LogP contribution >= 0.6 is 23.2 Å². The van der Waals surface area contributed by atoms with Crippen LogP contribution in [-0.2, 0) is 20.5 Å². The zero-order valence-electron chi connectivity index (χ0n) is 28.8. The topological polar surface area (TPSA) is 81.0 Å². The van der Waals surface area contributed by atoms with E-state index in [1.54, 1.807) is 0 Å². The maximum atomic E-state index is 14.9. The molecule has 0 N–H and O–H groups in total. The molecular weight excluding hydrogens is 655 g/mol. The van der Waals surface area contributed by atoms with Crippen LogP contribution in [0.1, 0.15) is 63.5 Å². The Morgan fingerprint density at radius 3 is 2.41 bits per heavy atom. The van der Waals surface area contributed by atoms with E-state index in [-0.39, 0.29) is 11.9 Å². The zero-order valence-corrected chi connectivity index (χ0v) is 30.3. The highest BCUT2D eigenvalue weighted by Crippen LogP contribution is 2.45. The fourth-order valence-corrected chi connectivity index (χ4v) is 7.95. The highest BCUT2D eigenvalue weighted by molar-refractivity contribution is 6.35. The molecule has 8 nitrogen and oxygen atoms in total. The second-order valence-electron chi connectivity index (χ2n) is 13.2. The fraction of sp³-hybridized carbons (Fsp3) is 0.308. The number of ether oxygens (including phenoxy) is 1. The van der Waals surface area contributed by atoms with E-state index in [2.05, 4.69) is 30.6 Å². The molecule has 1 aliphatic rings. The van der Waals surface area contributed by atoms with Gasteiger partial charge in [0.1, 0.15) is 11.4 Å². The molecular formula is C39H38Cl2N6O2. The molecule has 1 aliphatic heterocycles. The molecule has 0 bridgehead atoms. The summed E-state index contributed by atoms with van der Waals surface area (Å²) < 4.78 is 12.3. The lowest BCUT2D eigenvalue weighted by atomic mass is 9.98. The lowest BCUT2D eigenvalue weighted by Crippen LogP contribution is -2.42. The van der Waals surface area contributed by atoms with Crippen LogP contribution in [0.25, 0.3) is 32.9 Å². The van der Waals surface area contributed by atoms with Crippen molar-refractivity contribution >= 4 is 56.6 Å². The van der Waals surface area contributed by atoms with E-state index in [9.17, 15) is 10.1 Å². The Morgan fingerprint density at radius 2 is 1.73 bits per heavy atom. The number of halogens is 2. The maximum absolute atomic E-state index is 14.9. The van der Waals surface area contributed by atoms with Gasteiger partial charge in [-0.15, -0.1) is 0 Å². The monoisotopic (exact) mass is 692 g/mol. The molecule has 49 heavy (non-hydrogen) atoms. The standard InChI is InChI=1S/C39H38Cl2N6O2/c1-21-15-27(16-22(2)36(21)41)49-14-8-9-28-29-11-12-31(40)35(34-24(4)43-45(7)25(34)5)37(29)47-23(3)19-46(39(48)38(28)47)33-20-44(6)32-13-10-26(18-42)17-30(32)33/h10-13,15-17,20,23H,8-9,14,19H2,1-7H3/t23-/m1/s1. The van der Waals surface area contributed by atoms with Crippen LogP contribution < -0.4 is 9.64 Å². The largest absolute Gasteiger partial charge is 0.494 e. The van der Waals surface area contributed by atoms with E-state index in [1.807, 2.05) is 91.6 Å². The number of aromatic nitrogens is 4. The summed E-state index contributed by atoms with van der Waals surface area (Å²) in [6.45, 7) is 11.1. The number of rotatable bonds is 7. The van der Waals surface area contributed by atoms with Gasteiger partial charge in [0.2, 0.25) is 0 Å². The minimum Gasteiger partial charge on any atom is -0.494 e. The van der Waals surface area contributed by atoms with E-state index in [4.69, 9.17) is 33.0 Å². The van der Waals surface area contributed by atoms with Crippen LogP contribution in [0.15, 0.2) is 48.7 Å². The SMILES string of the molecule is Cc1cc(OCCCc2c3n(c4c(-c5c(C)nn(C)c5C)c(Cl)ccc24)[C@H](C)CN(c2cn(C)c4ccc(C#N)cc24)C3=O)cc(C)c1Cl. The predicted molar refractivity (Wildman–Crippen MR) is 197 cm³/mol. The minimum absolute atomic E-state index is 0.0780. The summed E-state index contributed by atoms with van der Waals surface area (Å²) in [4.78, 5) is 16.8. The van der Waals surface area contributed by atoms with Crippen molar-refractivity contribution in [2.75, 3.05) is 18.1 Å². The average molecular weight is 694 g/mol. The second-order valence-corrected chi connectivity index (χ2v) is 14.0. The van der Waals surface area contributed by atoms with E-state index in [1.165, 1.54) is 0 Å². The van der Waals surface area contributed by atoms with Crippen LogP contribution in [0.2, 0.25) is 10.0 Å². The molecule has 1 atom stereocenters. The van der Waals surface area contributed by atoms with Gasteiger partial charge in [-0.3, -0.25) is 9.48 Å². The molecule has 0 unspecified atom stereocenters. The molecule has 10 heteroatoms. The molecule has 3 aromatic heterocycles. The lowest BCUT2D eigenvalue weighted by Gasteiger charge is -2.34. The van der Waals surface area contributed by atoms with Gasteiger partial charge in [0, 0.05) is 71.0 Å². The summed E-state index contributed by atoms with van der Waals surface area (Å²) >= 11 is 13.5. The van der Waals surface area contributed by atoms with Gasteiger partial charge < -0.3 is 18.8 Å². The van der Waals surface area contributed by atoms with Gasteiger partial charge in [0.05, 0.1) is 40.2 Å². The predicted octanol–water partition coefficient (Wildman–Crippen LogP) is 9.18. The van der Waals surface area contributed by atoms with Crippen LogP contribution in [0.4, 0.5) is 5.69 Å². The Hall–Kier alpha value is -4.71. The number of nitriles is 1. The first-order chi connectivity index (χ1) is 23.4. The first kappa shape index (κ1) is 32.8. The van der Waals surface area contributed by atoms with E-state index in [0.29, 0.717) is 42.3 Å². The van der Waals surface area contributed by atoms with Crippen molar-refractivity contribution in [3.8, 4) is 22.9 Å². The van der Waals surface area contributed by atoms with E-state index in [0.717, 1.165) is 77.5 Å². The summed E-state index contributed by atoms with van der Waals surface area (Å²) in [7, 11) is 3.91. The third kappa shape index (κ3) is 5.27. The molecule has 7 rings (SSSR count). The maximum Gasteiger partial charge on any atom is 0.275 e. The first-order valence-electron chi connectivity index (χ1n) is 16.5. The van der Waals surface area contributed by atoms with Crippen molar-refractivity contribution in [2.45, 2.75) is 53.5 Å². The molecule has 4 heterocycles. The van der Waals surface area contributed by atoms with Crippen molar-refractivity contribution in [1.29, 1.82) is 5.26 Å². The highest BCUT2D eigenvalue weighted by atomic mass is 35.5. The first-order valence-corrected chi connectivity index (χ1v) is 17.2. The lowest BCUT2D eigenvalue weighted by molar-refractivity contribution is 0.0957. The quantitative estimate of drug-likeness (QED) is 0.156. The Bertz CT molecular complexity index is 2350. The van der Waals surface area contributed by atoms with Gasteiger partial charge in [-0.1, -0.05) is 29.3 Å². The van der Waals surface area contributed by atoms with Crippen LogP contribution in [0.5, 0.6) is 5.75 Å². The molecule has 0 spiro atoms. The smallest absolute Gasteiger partial charge is 0.275 e. The van der Waals surface area contributed by atoms with E-state index < -0.39 is 0 Å². The van der Waals surface area contributed by atoms with Gasteiger partial charge in [0.15, 0.2) is 0 Å². The number of aryl methyl sites for hydroxylation is 6. The summed E-state index contributed by atoms with van der Waals surface area (Å²) in [5.74, 6) is 0.703. The Morgan fingerprint density at radius 1 is 1.00 bits per heavy atom. The minimum atomic E-state index is -0.0795. The van der Waals surface area contributed by atoms with Crippen molar-refractivity contribution in [1.82, 2.24) is 18.9 Å². The number of hydrogen-bond donors (Lipinski definition) is 0. The molecule has 3 aromatic carbocycles. The fourth-order valence-electron chi connectivity index (χ4n) is 7.59. The Kier molecular flexibility index (Phi) is 8.25. The molecule has 1 amide bonds.